The van der Waals surface area contributed by atoms with Crippen LogP contribution in [0.1, 0.15) is 38.3 Å². The second kappa shape index (κ2) is 5.76. The van der Waals surface area contributed by atoms with Crippen LogP contribution in [0.5, 0.6) is 5.75 Å². The fourth-order valence-corrected chi connectivity index (χ4v) is 1.64. The van der Waals surface area contributed by atoms with Gasteiger partial charge in [0.05, 0.1) is 7.11 Å². The summed E-state index contributed by atoms with van der Waals surface area (Å²) in [5, 5.41) is 0. The Kier molecular flexibility index (Phi) is 4.63. The number of hydrogen-bond acceptors (Lipinski definition) is 2. The van der Waals surface area contributed by atoms with Crippen molar-refractivity contribution in [2.24, 2.45) is 11.7 Å². The van der Waals surface area contributed by atoms with E-state index in [4.69, 9.17) is 10.5 Å². The van der Waals surface area contributed by atoms with Gasteiger partial charge in [-0.05, 0) is 24.8 Å². The van der Waals surface area contributed by atoms with E-state index in [1.54, 1.807) is 7.11 Å². The summed E-state index contributed by atoms with van der Waals surface area (Å²) in [5.41, 5.74) is 7.25. The fraction of sp³-hybridized carbons (Fsp3) is 0.538. The van der Waals surface area contributed by atoms with Crippen molar-refractivity contribution in [1.29, 1.82) is 0 Å². The molecule has 2 heteroatoms. The molecule has 0 saturated heterocycles. The van der Waals surface area contributed by atoms with Gasteiger partial charge < -0.3 is 10.5 Å². The van der Waals surface area contributed by atoms with Crippen molar-refractivity contribution in [3.05, 3.63) is 29.8 Å². The zero-order valence-electron chi connectivity index (χ0n) is 9.86. The third kappa shape index (κ3) is 3.56. The Hall–Kier alpha value is -1.02. The van der Waals surface area contributed by atoms with E-state index in [1.807, 2.05) is 24.3 Å². The van der Waals surface area contributed by atoms with Gasteiger partial charge in [0.15, 0.2) is 0 Å². The number of para-hydroxylation sites is 1. The predicted octanol–water partition coefficient (Wildman–Crippen LogP) is 3.13. The van der Waals surface area contributed by atoms with Gasteiger partial charge in [-0.15, -0.1) is 0 Å². The van der Waals surface area contributed by atoms with Gasteiger partial charge in [-0.3, -0.25) is 0 Å². The van der Waals surface area contributed by atoms with Crippen molar-refractivity contribution in [3.63, 3.8) is 0 Å². The van der Waals surface area contributed by atoms with Gasteiger partial charge in [0, 0.05) is 11.6 Å². The summed E-state index contributed by atoms with van der Waals surface area (Å²) in [5.74, 6) is 1.60. The topological polar surface area (TPSA) is 35.2 Å². The molecule has 0 aliphatic heterocycles. The van der Waals surface area contributed by atoms with Crippen LogP contribution in [0.25, 0.3) is 0 Å². The standard InChI is InChI=1S/C13H21NO/c1-10(2)8-9-12(14)11-6-4-5-7-13(11)15-3/h4-7,10,12H,8-9,14H2,1-3H3/t12-/m1/s1. The smallest absolute Gasteiger partial charge is 0.123 e. The third-order valence-corrected chi connectivity index (χ3v) is 2.59. The van der Waals surface area contributed by atoms with E-state index in [9.17, 15) is 0 Å². The molecule has 0 heterocycles. The van der Waals surface area contributed by atoms with E-state index in [2.05, 4.69) is 13.8 Å². The molecule has 15 heavy (non-hydrogen) atoms. The fourth-order valence-electron chi connectivity index (χ4n) is 1.64. The number of hydrogen-bond donors (Lipinski definition) is 1. The SMILES string of the molecule is COc1ccccc1[C@H](N)CCC(C)C. The zero-order chi connectivity index (χ0) is 11.3. The van der Waals surface area contributed by atoms with Gasteiger partial charge in [-0.25, -0.2) is 0 Å². The summed E-state index contributed by atoms with van der Waals surface area (Å²) >= 11 is 0. The second-order valence-corrected chi connectivity index (χ2v) is 4.32. The van der Waals surface area contributed by atoms with Crippen LogP contribution in [0.2, 0.25) is 0 Å². The zero-order valence-corrected chi connectivity index (χ0v) is 9.86. The molecular formula is C13H21NO. The van der Waals surface area contributed by atoms with Crippen molar-refractivity contribution in [1.82, 2.24) is 0 Å². The Balaban J connectivity index is 2.68. The summed E-state index contributed by atoms with van der Waals surface area (Å²) in [7, 11) is 1.69. The molecule has 0 unspecified atom stereocenters. The lowest BCUT2D eigenvalue weighted by Gasteiger charge is -2.16. The molecule has 0 fully saturated rings. The lowest BCUT2D eigenvalue weighted by Crippen LogP contribution is -2.12. The quantitative estimate of drug-likeness (QED) is 0.805. The first-order valence-corrected chi connectivity index (χ1v) is 5.53. The molecule has 0 spiro atoms. The highest BCUT2D eigenvalue weighted by atomic mass is 16.5. The molecule has 0 aliphatic carbocycles. The Morgan fingerprint density at radius 1 is 1.20 bits per heavy atom. The van der Waals surface area contributed by atoms with Crippen molar-refractivity contribution in [3.8, 4) is 5.75 Å². The van der Waals surface area contributed by atoms with Crippen LogP contribution in [-0.4, -0.2) is 7.11 Å². The minimum atomic E-state index is 0.0866. The normalized spacial score (nSPS) is 12.9. The maximum atomic E-state index is 6.14. The molecule has 0 saturated carbocycles. The van der Waals surface area contributed by atoms with E-state index in [-0.39, 0.29) is 6.04 Å². The van der Waals surface area contributed by atoms with E-state index in [0.29, 0.717) is 5.92 Å². The Bertz CT molecular complexity index is 296. The Morgan fingerprint density at radius 2 is 1.87 bits per heavy atom. The molecule has 0 amide bonds. The summed E-state index contributed by atoms with van der Waals surface area (Å²) in [4.78, 5) is 0. The molecule has 2 N–H and O–H groups in total. The molecule has 0 bridgehead atoms. The summed E-state index contributed by atoms with van der Waals surface area (Å²) < 4.78 is 5.29. The summed E-state index contributed by atoms with van der Waals surface area (Å²) in [6.45, 7) is 4.43. The van der Waals surface area contributed by atoms with E-state index < -0.39 is 0 Å². The van der Waals surface area contributed by atoms with Crippen LogP contribution in [0, 0.1) is 5.92 Å². The molecular weight excluding hydrogens is 186 g/mol. The molecule has 0 aromatic heterocycles. The maximum Gasteiger partial charge on any atom is 0.123 e. The number of benzene rings is 1. The van der Waals surface area contributed by atoms with Crippen LogP contribution in [0.15, 0.2) is 24.3 Å². The Morgan fingerprint density at radius 3 is 2.47 bits per heavy atom. The minimum Gasteiger partial charge on any atom is -0.496 e. The number of rotatable bonds is 5. The van der Waals surface area contributed by atoms with Crippen LogP contribution in [-0.2, 0) is 0 Å². The molecule has 0 aliphatic rings. The maximum absolute atomic E-state index is 6.14. The third-order valence-electron chi connectivity index (χ3n) is 2.59. The number of ether oxygens (including phenoxy) is 1. The highest BCUT2D eigenvalue weighted by molar-refractivity contribution is 5.35. The average molecular weight is 207 g/mol. The van der Waals surface area contributed by atoms with Gasteiger partial charge in [-0.2, -0.15) is 0 Å². The lowest BCUT2D eigenvalue weighted by molar-refractivity contribution is 0.401. The number of methoxy groups -OCH3 is 1. The van der Waals surface area contributed by atoms with Crippen molar-refractivity contribution < 1.29 is 4.74 Å². The first kappa shape index (κ1) is 12.1. The minimum absolute atomic E-state index is 0.0866. The molecule has 1 rings (SSSR count). The van der Waals surface area contributed by atoms with Gasteiger partial charge in [0.1, 0.15) is 5.75 Å². The average Bonchev–Trinajstić information content (AvgIpc) is 2.25. The van der Waals surface area contributed by atoms with Gasteiger partial charge >= 0.3 is 0 Å². The van der Waals surface area contributed by atoms with Crippen LogP contribution >= 0.6 is 0 Å². The van der Waals surface area contributed by atoms with Crippen molar-refractivity contribution >= 4 is 0 Å². The molecule has 1 aromatic rings. The highest BCUT2D eigenvalue weighted by Crippen LogP contribution is 2.26. The highest BCUT2D eigenvalue weighted by Gasteiger charge is 2.11. The predicted molar refractivity (Wildman–Crippen MR) is 64.0 cm³/mol. The molecule has 0 radical (unpaired) electrons. The molecule has 1 aromatic carbocycles. The molecule has 84 valence electrons. The largest absolute Gasteiger partial charge is 0.496 e. The molecule has 2 nitrogen and oxygen atoms in total. The summed E-state index contributed by atoms with van der Waals surface area (Å²) in [6, 6.07) is 8.07. The number of nitrogens with two attached hydrogens (primary N) is 1. The monoisotopic (exact) mass is 207 g/mol. The summed E-state index contributed by atoms with van der Waals surface area (Å²) in [6.07, 6.45) is 2.16. The van der Waals surface area contributed by atoms with Gasteiger partial charge in [-0.1, -0.05) is 32.0 Å². The van der Waals surface area contributed by atoms with Crippen LogP contribution in [0.3, 0.4) is 0 Å². The lowest BCUT2D eigenvalue weighted by atomic mass is 9.98. The van der Waals surface area contributed by atoms with Crippen LogP contribution in [0.4, 0.5) is 0 Å². The van der Waals surface area contributed by atoms with Gasteiger partial charge in [0.25, 0.3) is 0 Å². The second-order valence-electron chi connectivity index (χ2n) is 4.32. The van der Waals surface area contributed by atoms with Crippen LogP contribution < -0.4 is 10.5 Å². The first-order valence-electron chi connectivity index (χ1n) is 5.53. The van der Waals surface area contributed by atoms with E-state index in [0.717, 1.165) is 24.2 Å². The first-order chi connectivity index (χ1) is 7.15. The van der Waals surface area contributed by atoms with Crippen molar-refractivity contribution in [2.75, 3.05) is 7.11 Å². The Labute approximate surface area is 92.4 Å². The van der Waals surface area contributed by atoms with Crippen molar-refractivity contribution in [2.45, 2.75) is 32.7 Å². The van der Waals surface area contributed by atoms with Gasteiger partial charge in [0.2, 0.25) is 0 Å². The molecule has 1 atom stereocenters. The van der Waals surface area contributed by atoms with E-state index >= 15 is 0 Å². The van der Waals surface area contributed by atoms with E-state index in [1.165, 1.54) is 0 Å².